The van der Waals surface area contributed by atoms with E-state index in [0.717, 1.165) is 5.69 Å². The van der Waals surface area contributed by atoms with Crippen molar-refractivity contribution >= 4 is 28.9 Å². The molecule has 136 valence electrons. The number of anilines is 1. The van der Waals surface area contributed by atoms with Gasteiger partial charge in [0.1, 0.15) is 0 Å². The first kappa shape index (κ1) is 18.0. The molecule has 0 aromatic heterocycles. The van der Waals surface area contributed by atoms with Crippen LogP contribution in [0.3, 0.4) is 0 Å². The molecular formula is C19H21N3O3S. The summed E-state index contributed by atoms with van der Waals surface area (Å²) in [5, 5.41) is 3.24. The average molecular weight is 371 g/mol. The minimum absolute atomic E-state index is 0.0450. The molecule has 3 N–H and O–H groups in total. The number of hydrazine groups is 1. The molecule has 3 rings (SSSR count). The van der Waals surface area contributed by atoms with E-state index in [9.17, 15) is 4.79 Å². The summed E-state index contributed by atoms with van der Waals surface area (Å²) >= 11 is 5.19. The van der Waals surface area contributed by atoms with Crippen LogP contribution in [0.15, 0.2) is 42.5 Å². The number of amides is 1. The van der Waals surface area contributed by atoms with Crippen molar-refractivity contribution in [2.45, 2.75) is 26.2 Å². The third kappa shape index (κ3) is 4.23. The number of fused-ring (bicyclic) bond motifs is 1. The number of carbonyl (C=O) groups is 1. The molecule has 1 heterocycles. The third-order valence-electron chi connectivity index (χ3n) is 3.93. The molecule has 7 heteroatoms. The summed E-state index contributed by atoms with van der Waals surface area (Å²) in [5.74, 6) is 1.09. The molecule has 0 fully saturated rings. The van der Waals surface area contributed by atoms with Crippen molar-refractivity contribution in [1.29, 1.82) is 0 Å². The maximum atomic E-state index is 12.2. The van der Waals surface area contributed by atoms with E-state index in [4.69, 9.17) is 21.7 Å². The number of thiocarbonyl (C=S) groups is 1. The summed E-state index contributed by atoms with van der Waals surface area (Å²) < 4.78 is 10.6. The van der Waals surface area contributed by atoms with Gasteiger partial charge in [-0.05, 0) is 47.5 Å². The maximum absolute atomic E-state index is 12.2. The highest BCUT2D eigenvalue weighted by atomic mass is 32.1. The minimum atomic E-state index is -0.264. The zero-order valence-corrected chi connectivity index (χ0v) is 15.7. The molecule has 0 bridgehead atoms. The SMILES string of the molecule is CC(C)(C)c1ccc(C(=O)NNC(=S)Nc2ccc3c(c2)OCO3)cc1. The first-order valence-electron chi connectivity index (χ1n) is 8.20. The Bertz CT molecular complexity index is 829. The zero-order valence-electron chi connectivity index (χ0n) is 14.9. The van der Waals surface area contributed by atoms with Crippen LogP contribution in [0.25, 0.3) is 0 Å². The number of rotatable bonds is 2. The first-order valence-corrected chi connectivity index (χ1v) is 8.61. The van der Waals surface area contributed by atoms with Crippen molar-refractivity contribution in [2.75, 3.05) is 12.1 Å². The molecule has 1 aliphatic rings. The van der Waals surface area contributed by atoms with Crippen LogP contribution in [0.1, 0.15) is 36.7 Å². The summed E-state index contributed by atoms with van der Waals surface area (Å²) in [6.07, 6.45) is 0. The van der Waals surface area contributed by atoms with E-state index < -0.39 is 0 Å². The van der Waals surface area contributed by atoms with Crippen molar-refractivity contribution < 1.29 is 14.3 Å². The van der Waals surface area contributed by atoms with Crippen molar-refractivity contribution in [3.8, 4) is 11.5 Å². The van der Waals surface area contributed by atoms with Gasteiger partial charge in [-0.25, -0.2) is 0 Å². The summed E-state index contributed by atoms with van der Waals surface area (Å²) in [6.45, 7) is 6.60. The lowest BCUT2D eigenvalue weighted by Crippen LogP contribution is -2.43. The molecule has 0 spiro atoms. The second-order valence-electron chi connectivity index (χ2n) is 6.93. The number of benzene rings is 2. The van der Waals surface area contributed by atoms with Crippen LogP contribution in [0.5, 0.6) is 11.5 Å². The molecule has 0 unspecified atom stereocenters. The van der Waals surface area contributed by atoms with Crippen LogP contribution in [0.2, 0.25) is 0 Å². The van der Waals surface area contributed by atoms with Gasteiger partial charge >= 0.3 is 0 Å². The van der Waals surface area contributed by atoms with Crippen molar-refractivity contribution in [1.82, 2.24) is 10.9 Å². The van der Waals surface area contributed by atoms with Gasteiger partial charge in [-0.2, -0.15) is 0 Å². The van der Waals surface area contributed by atoms with E-state index in [0.29, 0.717) is 17.1 Å². The second kappa shape index (κ2) is 7.21. The number of nitrogens with one attached hydrogen (secondary N) is 3. The average Bonchev–Trinajstić information content (AvgIpc) is 3.07. The van der Waals surface area contributed by atoms with E-state index in [1.54, 1.807) is 24.3 Å². The lowest BCUT2D eigenvalue weighted by molar-refractivity contribution is 0.0944. The molecule has 6 nitrogen and oxygen atoms in total. The Kier molecular flexibility index (Phi) is 4.99. The van der Waals surface area contributed by atoms with E-state index in [-0.39, 0.29) is 23.2 Å². The van der Waals surface area contributed by atoms with E-state index in [2.05, 4.69) is 36.9 Å². The highest BCUT2D eigenvalue weighted by Crippen LogP contribution is 2.34. The highest BCUT2D eigenvalue weighted by molar-refractivity contribution is 7.80. The smallest absolute Gasteiger partial charge is 0.269 e. The Morgan fingerprint density at radius 3 is 2.38 bits per heavy atom. The van der Waals surface area contributed by atoms with Crippen LogP contribution >= 0.6 is 12.2 Å². The fourth-order valence-electron chi connectivity index (χ4n) is 2.44. The Labute approximate surface area is 157 Å². The molecule has 0 saturated carbocycles. The Balaban J connectivity index is 1.53. The summed E-state index contributed by atoms with van der Waals surface area (Å²) in [7, 11) is 0. The Morgan fingerprint density at radius 1 is 1.00 bits per heavy atom. The fourth-order valence-corrected chi connectivity index (χ4v) is 2.61. The van der Waals surface area contributed by atoms with Gasteiger partial charge in [-0.3, -0.25) is 15.6 Å². The zero-order chi connectivity index (χ0) is 18.7. The van der Waals surface area contributed by atoms with Crippen LogP contribution in [0, 0.1) is 0 Å². The van der Waals surface area contributed by atoms with E-state index in [1.165, 1.54) is 5.56 Å². The standard InChI is InChI=1S/C19H21N3O3S/c1-19(2,3)13-6-4-12(5-7-13)17(23)21-22-18(26)20-14-8-9-15-16(10-14)25-11-24-15/h4-10H,11H2,1-3H3,(H,21,23)(H2,20,22,26). The highest BCUT2D eigenvalue weighted by Gasteiger charge is 2.15. The summed E-state index contributed by atoms with van der Waals surface area (Å²) in [4.78, 5) is 12.2. The Morgan fingerprint density at radius 2 is 1.69 bits per heavy atom. The van der Waals surface area contributed by atoms with Gasteiger partial charge < -0.3 is 14.8 Å². The molecule has 0 radical (unpaired) electrons. The van der Waals surface area contributed by atoms with Crippen LogP contribution in [-0.4, -0.2) is 17.8 Å². The maximum Gasteiger partial charge on any atom is 0.269 e. The third-order valence-corrected chi connectivity index (χ3v) is 4.14. The molecule has 2 aromatic carbocycles. The van der Waals surface area contributed by atoms with Gasteiger partial charge in [0.25, 0.3) is 5.91 Å². The van der Waals surface area contributed by atoms with Gasteiger partial charge in [0, 0.05) is 17.3 Å². The van der Waals surface area contributed by atoms with Crippen LogP contribution in [0.4, 0.5) is 5.69 Å². The fraction of sp³-hybridized carbons (Fsp3) is 0.263. The number of ether oxygens (including phenoxy) is 2. The van der Waals surface area contributed by atoms with Crippen LogP contribution < -0.4 is 25.6 Å². The topological polar surface area (TPSA) is 71.6 Å². The van der Waals surface area contributed by atoms with Gasteiger partial charge in [0.15, 0.2) is 16.6 Å². The number of hydrogen-bond acceptors (Lipinski definition) is 4. The molecule has 1 aliphatic heterocycles. The first-order chi connectivity index (χ1) is 12.3. The monoisotopic (exact) mass is 371 g/mol. The molecule has 26 heavy (non-hydrogen) atoms. The summed E-state index contributed by atoms with van der Waals surface area (Å²) in [5.41, 5.74) is 7.77. The molecule has 0 aliphatic carbocycles. The normalized spacial score (nSPS) is 12.4. The number of hydrogen-bond donors (Lipinski definition) is 3. The van der Waals surface area contributed by atoms with E-state index in [1.807, 2.05) is 18.2 Å². The summed E-state index contributed by atoms with van der Waals surface area (Å²) in [6, 6.07) is 12.9. The minimum Gasteiger partial charge on any atom is -0.454 e. The lowest BCUT2D eigenvalue weighted by atomic mass is 9.87. The molecule has 2 aromatic rings. The predicted octanol–water partition coefficient (Wildman–Crippen LogP) is 3.34. The molecule has 0 atom stereocenters. The van der Waals surface area contributed by atoms with Crippen molar-refractivity contribution in [2.24, 2.45) is 0 Å². The van der Waals surface area contributed by atoms with Crippen molar-refractivity contribution in [3.05, 3.63) is 53.6 Å². The molecule has 1 amide bonds. The molecular weight excluding hydrogens is 350 g/mol. The number of carbonyl (C=O) groups excluding carboxylic acids is 1. The van der Waals surface area contributed by atoms with Crippen molar-refractivity contribution in [3.63, 3.8) is 0 Å². The van der Waals surface area contributed by atoms with Gasteiger partial charge in [0.05, 0.1) is 0 Å². The van der Waals surface area contributed by atoms with E-state index >= 15 is 0 Å². The predicted molar refractivity (Wildman–Crippen MR) is 105 cm³/mol. The van der Waals surface area contributed by atoms with Gasteiger partial charge in [-0.1, -0.05) is 32.9 Å². The van der Waals surface area contributed by atoms with Gasteiger partial charge in [0.2, 0.25) is 6.79 Å². The second-order valence-corrected chi connectivity index (χ2v) is 7.34. The van der Waals surface area contributed by atoms with Gasteiger partial charge in [-0.15, -0.1) is 0 Å². The Hall–Kier alpha value is -2.80. The van der Waals surface area contributed by atoms with Crippen LogP contribution in [-0.2, 0) is 5.41 Å². The molecule has 0 saturated heterocycles. The quantitative estimate of drug-likeness (QED) is 0.556. The largest absolute Gasteiger partial charge is 0.454 e. The lowest BCUT2D eigenvalue weighted by Gasteiger charge is -2.19.